The van der Waals surface area contributed by atoms with Crippen molar-refractivity contribution in [2.45, 2.75) is 31.6 Å². The molecule has 0 amide bonds. The minimum atomic E-state index is -0.562. The fourth-order valence-electron chi connectivity index (χ4n) is 4.89. The van der Waals surface area contributed by atoms with Crippen LogP contribution in [0.5, 0.6) is 17.2 Å². The van der Waals surface area contributed by atoms with Crippen LogP contribution in [-0.4, -0.2) is 37.3 Å². The Bertz CT molecular complexity index is 1300. The third-order valence-electron chi connectivity index (χ3n) is 6.38. The number of aromatic amines is 2. The van der Waals surface area contributed by atoms with E-state index in [0.29, 0.717) is 46.4 Å². The van der Waals surface area contributed by atoms with Crippen LogP contribution in [0.25, 0.3) is 0 Å². The molecule has 2 aliphatic rings. The normalized spacial score (nSPS) is 19.6. The predicted octanol–water partition coefficient (Wildman–Crippen LogP) is 3.59. The monoisotopic (exact) mass is 451 g/mol. The molecule has 172 valence electrons. The fraction of sp³-hybridized carbons (Fsp3) is 0.333. The summed E-state index contributed by atoms with van der Waals surface area (Å²) < 4.78 is 22.3. The highest BCUT2D eigenvalue weighted by Crippen LogP contribution is 2.48. The number of fused-ring (bicyclic) bond motifs is 1. The second-order valence-corrected chi connectivity index (χ2v) is 8.25. The van der Waals surface area contributed by atoms with Gasteiger partial charge in [0, 0.05) is 17.7 Å². The Morgan fingerprint density at radius 1 is 0.970 bits per heavy atom. The molecule has 0 bridgehead atoms. The molecule has 2 aromatic heterocycles. The smallest absolute Gasteiger partial charge is 0.270 e. The van der Waals surface area contributed by atoms with Gasteiger partial charge in [-0.05, 0) is 49.1 Å². The maximum absolute atomic E-state index is 13.5. The Kier molecular flexibility index (Phi) is 5.03. The van der Waals surface area contributed by atoms with Crippen LogP contribution in [0.3, 0.4) is 0 Å². The van der Waals surface area contributed by atoms with E-state index in [4.69, 9.17) is 18.6 Å². The molecule has 1 aromatic carbocycles. The van der Waals surface area contributed by atoms with Crippen LogP contribution in [0.4, 0.5) is 5.82 Å². The summed E-state index contributed by atoms with van der Waals surface area (Å²) in [4.78, 5) is 26.1. The van der Waals surface area contributed by atoms with Crippen LogP contribution in [-0.2, 0) is 4.79 Å². The first kappa shape index (κ1) is 21.0. The number of furan rings is 1. The average molecular weight is 451 g/mol. The van der Waals surface area contributed by atoms with Gasteiger partial charge in [0.2, 0.25) is 5.75 Å². The molecule has 0 saturated heterocycles. The molecule has 3 heterocycles. The van der Waals surface area contributed by atoms with E-state index < -0.39 is 5.92 Å². The van der Waals surface area contributed by atoms with Crippen molar-refractivity contribution in [2.75, 3.05) is 26.6 Å². The molecular formula is C24H25N3O6. The number of methoxy groups -OCH3 is 3. The molecule has 0 radical (unpaired) electrons. The van der Waals surface area contributed by atoms with Crippen LogP contribution in [0, 0.1) is 6.92 Å². The molecule has 0 unspecified atom stereocenters. The minimum absolute atomic E-state index is 0.0344. The summed E-state index contributed by atoms with van der Waals surface area (Å²) in [5, 5.41) is 8.80. The number of anilines is 1. The molecule has 3 N–H and O–H groups in total. The highest BCUT2D eigenvalue weighted by molar-refractivity contribution is 6.01. The number of aromatic nitrogens is 2. The van der Waals surface area contributed by atoms with E-state index in [2.05, 4.69) is 15.5 Å². The predicted molar refractivity (Wildman–Crippen MR) is 120 cm³/mol. The molecule has 2 atom stereocenters. The van der Waals surface area contributed by atoms with Gasteiger partial charge in [-0.15, -0.1) is 0 Å². The molecule has 1 aliphatic heterocycles. The number of carbonyl (C=O) groups is 1. The first-order valence-electron chi connectivity index (χ1n) is 10.6. The first-order chi connectivity index (χ1) is 15.9. The van der Waals surface area contributed by atoms with E-state index in [1.807, 2.05) is 31.2 Å². The lowest BCUT2D eigenvalue weighted by Crippen LogP contribution is -2.31. The molecule has 33 heavy (non-hydrogen) atoms. The number of benzene rings is 1. The van der Waals surface area contributed by atoms with Crippen LogP contribution in [0.2, 0.25) is 0 Å². The van der Waals surface area contributed by atoms with E-state index in [1.54, 1.807) is 21.3 Å². The van der Waals surface area contributed by atoms with Crippen LogP contribution < -0.4 is 25.1 Å². The van der Waals surface area contributed by atoms with Crippen LogP contribution in [0.1, 0.15) is 47.3 Å². The van der Waals surface area contributed by atoms with Crippen molar-refractivity contribution in [2.24, 2.45) is 0 Å². The number of H-pyrrole nitrogens is 2. The number of carbonyl (C=O) groups excluding carboxylic acids is 1. The third kappa shape index (κ3) is 3.31. The fourth-order valence-corrected chi connectivity index (χ4v) is 4.89. The molecule has 0 spiro atoms. The number of nitrogens with one attached hydrogen (secondary N) is 3. The van der Waals surface area contributed by atoms with Crippen molar-refractivity contribution >= 4 is 11.6 Å². The number of ketones is 1. The number of hydrogen-bond donors (Lipinski definition) is 3. The van der Waals surface area contributed by atoms with E-state index in [9.17, 15) is 9.59 Å². The maximum Gasteiger partial charge on any atom is 0.270 e. The molecule has 1 aliphatic carbocycles. The molecule has 0 saturated carbocycles. The summed E-state index contributed by atoms with van der Waals surface area (Å²) in [7, 11) is 4.69. The lowest BCUT2D eigenvalue weighted by atomic mass is 9.74. The molecule has 0 fully saturated rings. The Labute approximate surface area is 189 Å². The highest BCUT2D eigenvalue weighted by atomic mass is 16.5. The van der Waals surface area contributed by atoms with Gasteiger partial charge in [0.1, 0.15) is 17.3 Å². The van der Waals surface area contributed by atoms with Gasteiger partial charge in [0.15, 0.2) is 17.3 Å². The third-order valence-corrected chi connectivity index (χ3v) is 6.38. The zero-order chi connectivity index (χ0) is 23.3. The number of hydrogen-bond acceptors (Lipinski definition) is 7. The molecule has 9 heteroatoms. The van der Waals surface area contributed by atoms with Gasteiger partial charge in [-0.25, -0.2) is 0 Å². The number of allylic oxidation sites excluding steroid dienone is 2. The summed E-state index contributed by atoms with van der Waals surface area (Å²) in [6, 6.07) is 7.42. The van der Waals surface area contributed by atoms with E-state index in [-0.39, 0.29) is 23.7 Å². The van der Waals surface area contributed by atoms with E-state index in [0.717, 1.165) is 17.0 Å². The minimum Gasteiger partial charge on any atom is -0.493 e. The largest absolute Gasteiger partial charge is 0.493 e. The van der Waals surface area contributed by atoms with Gasteiger partial charge < -0.3 is 23.9 Å². The second kappa shape index (κ2) is 7.91. The van der Waals surface area contributed by atoms with Crippen molar-refractivity contribution in [1.29, 1.82) is 0 Å². The quantitative estimate of drug-likeness (QED) is 0.542. The van der Waals surface area contributed by atoms with Crippen molar-refractivity contribution < 1.29 is 23.4 Å². The van der Waals surface area contributed by atoms with Gasteiger partial charge in [-0.3, -0.25) is 19.8 Å². The summed E-state index contributed by atoms with van der Waals surface area (Å²) >= 11 is 0. The zero-order valence-corrected chi connectivity index (χ0v) is 18.8. The Morgan fingerprint density at radius 2 is 1.70 bits per heavy atom. The number of rotatable bonds is 5. The Hall–Kier alpha value is -3.88. The second-order valence-electron chi connectivity index (χ2n) is 8.25. The van der Waals surface area contributed by atoms with Crippen molar-refractivity contribution in [3.63, 3.8) is 0 Å². The number of ether oxygens (including phenoxy) is 3. The summed E-state index contributed by atoms with van der Waals surface area (Å²) in [5.41, 5.74) is 2.44. The Balaban J connectivity index is 1.59. The molecular weight excluding hydrogens is 426 g/mol. The van der Waals surface area contributed by atoms with Gasteiger partial charge >= 0.3 is 0 Å². The topological polar surface area (TPSA) is 119 Å². The Morgan fingerprint density at radius 3 is 2.30 bits per heavy atom. The summed E-state index contributed by atoms with van der Waals surface area (Å²) in [6.45, 7) is 1.84. The summed E-state index contributed by atoms with van der Waals surface area (Å²) in [6.07, 6.45) is 0.857. The van der Waals surface area contributed by atoms with Gasteiger partial charge in [0.05, 0.1) is 32.8 Å². The lowest BCUT2D eigenvalue weighted by molar-refractivity contribution is -0.116. The molecule has 5 rings (SSSR count). The van der Waals surface area contributed by atoms with Gasteiger partial charge in [-0.1, -0.05) is 0 Å². The number of aryl methyl sites for hydroxylation is 1. The van der Waals surface area contributed by atoms with E-state index in [1.165, 1.54) is 0 Å². The number of Topliss-reactive ketones (excluding diaryl/α,β-unsaturated/α-hetero) is 1. The lowest BCUT2D eigenvalue weighted by Gasteiger charge is -2.34. The van der Waals surface area contributed by atoms with Crippen molar-refractivity contribution in [3.05, 3.63) is 68.5 Å². The molecule has 3 aromatic rings. The van der Waals surface area contributed by atoms with Crippen molar-refractivity contribution in [3.8, 4) is 17.2 Å². The average Bonchev–Trinajstić information content (AvgIpc) is 3.41. The zero-order valence-electron chi connectivity index (χ0n) is 18.8. The summed E-state index contributed by atoms with van der Waals surface area (Å²) in [5.74, 6) is 2.73. The van der Waals surface area contributed by atoms with Crippen LogP contribution >= 0.6 is 0 Å². The van der Waals surface area contributed by atoms with Gasteiger partial charge in [-0.2, -0.15) is 0 Å². The van der Waals surface area contributed by atoms with Crippen LogP contribution in [0.15, 0.2) is 44.7 Å². The van der Waals surface area contributed by atoms with E-state index >= 15 is 0 Å². The van der Waals surface area contributed by atoms with Gasteiger partial charge in [0.25, 0.3) is 5.56 Å². The van der Waals surface area contributed by atoms with Crippen molar-refractivity contribution in [1.82, 2.24) is 10.2 Å². The highest BCUT2D eigenvalue weighted by Gasteiger charge is 2.42. The first-order valence-corrected chi connectivity index (χ1v) is 10.6. The molecule has 9 nitrogen and oxygen atoms in total. The SMILES string of the molecule is COc1cc([C@H]2CC(=O)C3=C(C2)Nc2[nH][nH]c(=O)c2[C@H]3c2ccc(C)o2)cc(OC)c1OC. The maximum atomic E-state index is 13.5. The standard InChI is InChI=1S/C24H25N3O6/c1-11-5-6-16(33-11)20-19-14(25-23-21(20)24(29)27-26-23)7-12(8-15(19)28)13-9-17(30-2)22(32-4)18(10-13)31-3/h5-6,9-10,12,20H,7-8H2,1-4H3,(H3,25,26,27,29)/t12-,20+/m1/s1.